The fraction of sp³-hybridized carbons (Fsp3) is 0.545. The van der Waals surface area contributed by atoms with Gasteiger partial charge in [0.05, 0.1) is 6.54 Å². The third-order valence-electron chi connectivity index (χ3n) is 3.10. The SMILES string of the molecule is O=C(c1cc(S(=O)(=O)Cl)cn1CC(F)F)N1CCCC1. The number of aromatic nitrogens is 1. The third kappa shape index (κ3) is 3.29. The Labute approximate surface area is 119 Å². The summed E-state index contributed by atoms with van der Waals surface area (Å²) in [7, 11) is 1.13. The minimum Gasteiger partial charge on any atom is -0.337 e. The second-order valence-corrected chi connectivity index (χ2v) is 7.11. The van der Waals surface area contributed by atoms with Crippen LogP contribution < -0.4 is 0 Å². The zero-order valence-electron chi connectivity index (χ0n) is 10.4. The highest BCUT2D eigenvalue weighted by atomic mass is 35.7. The Bertz CT molecular complexity index is 609. The molecule has 1 fully saturated rings. The summed E-state index contributed by atoms with van der Waals surface area (Å²) in [5, 5.41) is 0. The van der Waals surface area contributed by atoms with E-state index in [-0.39, 0.29) is 10.6 Å². The van der Waals surface area contributed by atoms with Gasteiger partial charge in [0.1, 0.15) is 10.6 Å². The fourth-order valence-electron chi connectivity index (χ4n) is 2.18. The molecule has 1 aliphatic heterocycles. The lowest BCUT2D eigenvalue weighted by Gasteiger charge is -2.16. The smallest absolute Gasteiger partial charge is 0.270 e. The lowest BCUT2D eigenvalue weighted by molar-refractivity contribution is 0.0771. The average molecular weight is 327 g/mol. The molecule has 1 amide bonds. The van der Waals surface area contributed by atoms with Gasteiger partial charge in [-0.3, -0.25) is 4.79 Å². The van der Waals surface area contributed by atoms with Gasteiger partial charge in [-0.2, -0.15) is 0 Å². The summed E-state index contributed by atoms with van der Waals surface area (Å²) in [6.07, 6.45) is -0.0276. The Hall–Kier alpha value is -1.15. The number of halogens is 3. The second-order valence-electron chi connectivity index (χ2n) is 4.54. The van der Waals surface area contributed by atoms with Crippen molar-refractivity contribution in [2.75, 3.05) is 13.1 Å². The number of likely N-dealkylation sites (tertiary alicyclic amines) is 1. The van der Waals surface area contributed by atoms with E-state index in [0.717, 1.165) is 29.7 Å². The Morgan fingerprint density at radius 3 is 2.45 bits per heavy atom. The van der Waals surface area contributed by atoms with Crippen molar-refractivity contribution in [1.29, 1.82) is 0 Å². The lowest BCUT2D eigenvalue weighted by Crippen LogP contribution is -2.30. The highest BCUT2D eigenvalue weighted by Gasteiger charge is 2.26. The average Bonchev–Trinajstić information content (AvgIpc) is 2.94. The van der Waals surface area contributed by atoms with E-state index < -0.39 is 27.9 Å². The predicted octanol–water partition coefficient (Wildman–Crippen LogP) is 1.92. The van der Waals surface area contributed by atoms with Crippen molar-refractivity contribution in [2.24, 2.45) is 0 Å². The molecular weight excluding hydrogens is 314 g/mol. The number of alkyl halides is 2. The first kappa shape index (κ1) is 15.2. The molecule has 0 unspecified atom stereocenters. The molecule has 1 saturated heterocycles. The Kier molecular flexibility index (Phi) is 4.33. The molecule has 2 heterocycles. The van der Waals surface area contributed by atoms with E-state index in [1.165, 1.54) is 4.90 Å². The van der Waals surface area contributed by atoms with Crippen molar-refractivity contribution in [3.05, 3.63) is 18.0 Å². The van der Waals surface area contributed by atoms with Gasteiger partial charge in [0.25, 0.3) is 21.4 Å². The molecule has 0 N–H and O–H groups in total. The maximum atomic E-state index is 12.5. The summed E-state index contributed by atoms with van der Waals surface area (Å²) in [6, 6.07) is 1.05. The minimum absolute atomic E-state index is 0.0774. The molecular formula is C11H13ClF2N2O3S. The summed E-state index contributed by atoms with van der Waals surface area (Å²) >= 11 is 0. The van der Waals surface area contributed by atoms with Crippen LogP contribution in [0.1, 0.15) is 23.3 Å². The number of carbonyl (C=O) groups excluding carboxylic acids is 1. The minimum atomic E-state index is -4.06. The predicted molar refractivity (Wildman–Crippen MR) is 68.6 cm³/mol. The number of amides is 1. The second kappa shape index (κ2) is 5.69. The van der Waals surface area contributed by atoms with E-state index in [2.05, 4.69) is 0 Å². The largest absolute Gasteiger partial charge is 0.337 e. The molecule has 0 saturated carbocycles. The van der Waals surface area contributed by atoms with E-state index in [1.54, 1.807) is 0 Å². The molecule has 0 spiro atoms. The van der Waals surface area contributed by atoms with Gasteiger partial charge in [0.15, 0.2) is 0 Å². The molecule has 20 heavy (non-hydrogen) atoms. The summed E-state index contributed by atoms with van der Waals surface area (Å²) in [4.78, 5) is 13.4. The van der Waals surface area contributed by atoms with Crippen LogP contribution in [0.5, 0.6) is 0 Å². The Morgan fingerprint density at radius 2 is 1.95 bits per heavy atom. The number of hydrogen-bond donors (Lipinski definition) is 0. The van der Waals surface area contributed by atoms with Gasteiger partial charge in [-0.25, -0.2) is 17.2 Å². The number of rotatable bonds is 4. The standard InChI is InChI=1S/C11H13ClF2N2O3S/c12-20(18,19)8-5-9(16(6-8)7-10(13)14)11(17)15-3-1-2-4-15/h5-6,10H,1-4,7H2. The highest BCUT2D eigenvalue weighted by Crippen LogP contribution is 2.22. The van der Waals surface area contributed by atoms with Crippen LogP contribution in [0.25, 0.3) is 0 Å². The van der Waals surface area contributed by atoms with Gasteiger partial charge in [-0.1, -0.05) is 0 Å². The van der Waals surface area contributed by atoms with Gasteiger partial charge < -0.3 is 9.47 Å². The quantitative estimate of drug-likeness (QED) is 0.794. The normalized spacial score (nSPS) is 16.1. The first-order valence-corrected chi connectivity index (χ1v) is 8.32. The zero-order valence-corrected chi connectivity index (χ0v) is 12.0. The summed E-state index contributed by atoms with van der Waals surface area (Å²) < 4.78 is 48.5. The van der Waals surface area contributed by atoms with Crippen LogP contribution in [0, 0.1) is 0 Å². The van der Waals surface area contributed by atoms with Crippen molar-refractivity contribution in [1.82, 2.24) is 9.47 Å². The van der Waals surface area contributed by atoms with E-state index in [0.29, 0.717) is 13.1 Å². The third-order valence-corrected chi connectivity index (χ3v) is 4.42. The van der Waals surface area contributed by atoms with E-state index in [4.69, 9.17) is 10.7 Å². The fourth-order valence-corrected chi connectivity index (χ4v) is 2.94. The van der Waals surface area contributed by atoms with Gasteiger partial charge in [-0.05, 0) is 18.9 Å². The van der Waals surface area contributed by atoms with Gasteiger partial charge in [-0.15, -0.1) is 0 Å². The molecule has 1 aromatic heterocycles. The summed E-state index contributed by atoms with van der Waals surface area (Å²) in [5.74, 6) is -0.449. The van der Waals surface area contributed by atoms with Crippen molar-refractivity contribution < 1.29 is 22.0 Å². The van der Waals surface area contributed by atoms with E-state index >= 15 is 0 Å². The number of hydrogen-bond acceptors (Lipinski definition) is 3. The monoisotopic (exact) mass is 326 g/mol. The van der Waals surface area contributed by atoms with Crippen LogP contribution in [0.15, 0.2) is 17.2 Å². The van der Waals surface area contributed by atoms with E-state index in [1.807, 2.05) is 0 Å². The van der Waals surface area contributed by atoms with Gasteiger partial charge in [0, 0.05) is 30.0 Å². The van der Waals surface area contributed by atoms with E-state index in [9.17, 15) is 22.0 Å². The molecule has 0 bridgehead atoms. The van der Waals surface area contributed by atoms with Crippen molar-refractivity contribution >= 4 is 25.6 Å². The maximum absolute atomic E-state index is 12.5. The molecule has 1 aliphatic rings. The van der Waals surface area contributed by atoms with Crippen molar-refractivity contribution in [2.45, 2.75) is 30.7 Å². The molecule has 0 aliphatic carbocycles. The molecule has 5 nitrogen and oxygen atoms in total. The first-order valence-electron chi connectivity index (χ1n) is 6.01. The van der Waals surface area contributed by atoms with Crippen LogP contribution in [-0.2, 0) is 15.6 Å². The van der Waals surface area contributed by atoms with Crippen molar-refractivity contribution in [3.8, 4) is 0 Å². The topological polar surface area (TPSA) is 59.4 Å². The van der Waals surface area contributed by atoms with Crippen LogP contribution in [-0.4, -0.2) is 43.3 Å². The van der Waals surface area contributed by atoms with Crippen molar-refractivity contribution in [3.63, 3.8) is 0 Å². The van der Waals surface area contributed by atoms with Crippen LogP contribution in [0.4, 0.5) is 8.78 Å². The number of carbonyl (C=O) groups is 1. The van der Waals surface area contributed by atoms with Crippen LogP contribution in [0.2, 0.25) is 0 Å². The summed E-state index contributed by atoms with van der Waals surface area (Å²) in [6.45, 7) is 0.338. The first-order chi connectivity index (χ1) is 9.29. The molecule has 0 radical (unpaired) electrons. The molecule has 112 valence electrons. The molecule has 0 atom stereocenters. The van der Waals surface area contributed by atoms with Crippen LogP contribution in [0.3, 0.4) is 0 Å². The lowest BCUT2D eigenvalue weighted by atomic mass is 10.3. The maximum Gasteiger partial charge on any atom is 0.270 e. The molecule has 2 rings (SSSR count). The molecule has 1 aromatic rings. The van der Waals surface area contributed by atoms with Gasteiger partial charge in [0.2, 0.25) is 0 Å². The summed E-state index contributed by atoms with van der Waals surface area (Å²) in [5.41, 5.74) is -0.0774. The zero-order chi connectivity index (χ0) is 14.9. The number of nitrogens with zero attached hydrogens (tertiary/aromatic N) is 2. The van der Waals surface area contributed by atoms with Gasteiger partial charge >= 0.3 is 0 Å². The molecule has 9 heteroatoms. The van der Waals surface area contributed by atoms with Crippen LogP contribution >= 0.6 is 10.7 Å². The Morgan fingerprint density at radius 1 is 1.35 bits per heavy atom. The highest BCUT2D eigenvalue weighted by molar-refractivity contribution is 8.13. The Balaban J connectivity index is 2.38. The molecule has 0 aromatic carbocycles.